The van der Waals surface area contributed by atoms with Gasteiger partial charge in [-0.2, -0.15) is 0 Å². The van der Waals surface area contributed by atoms with Crippen LogP contribution >= 0.6 is 0 Å². The largest absolute Gasteiger partial charge is 0.508 e. The van der Waals surface area contributed by atoms with Crippen molar-refractivity contribution in [3.05, 3.63) is 78.2 Å². The molecule has 4 aromatic rings. The molecule has 0 aliphatic heterocycles. The van der Waals surface area contributed by atoms with E-state index in [0.717, 1.165) is 22.6 Å². The highest BCUT2D eigenvalue weighted by atomic mass is 16.3. The molecule has 4 rings (SSSR count). The zero-order valence-electron chi connectivity index (χ0n) is 14.8. The van der Waals surface area contributed by atoms with E-state index in [2.05, 4.69) is 10.3 Å². The van der Waals surface area contributed by atoms with E-state index in [1.54, 1.807) is 35.1 Å². The molecule has 0 unspecified atom stereocenters. The van der Waals surface area contributed by atoms with Gasteiger partial charge in [-0.15, -0.1) is 5.10 Å². The van der Waals surface area contributed by atoms with Gasteiger partial charge in [0.1, 0.15) is 23.0 Å². The Morgan fingerprint density at radius 1 is 1.00 bits per heavy atom. The first kappa shape index (κ1) is 17.1. The number of aliphatic hydroxyl groups excluding tert-OH is 1. The highest BCUT2D eigenvalue weighted by Crippen LogP contribution is 2.32. The molecular weight excluding hydrogens is 342 g/mol. The minimum atomic E-state index is -0.747. The molecule has 0 saturated heterocycles. The van der Waals surface area contributed by atoms with Crippen molar-refractivity contribution in [1.29, 1.82) is 0 Å². The van der Waals surface area contributed by atoms with Crippen molar-refractivity contribution in [1.82, 2.24) is 15.0 Å². The molecule has 2 aromatic carbocycles. The Labute approximate surface area is 156 Å². The predicted octanol–water partition coefficient (Wildman–Crippen LogP) is 3.95. The molecule has 27 heavy (non-hydrogen) atoms. The molecule has 136 valence electrons. The topological polar surface area (TPSA) is 84.3 Å². The monoisotopic (exact) mass is 361 g/mol. The second kappa shape index (κ2) is 7.09. The first-order chi connectivity index (χ1) is 13.1. The van der Waals surface area contributed by atoms with Gasteiger partial charge in [-0.3, -0.25) is 0 Å². The summed E-state index contributed by atoms with van der Waals surface area (Å²) in [6, 6.07) is 18.2. The van der Waals surface area contributed by atoms with Crippen LogP contribution in [0.4, 0.5) is 0 Å². The molecule has 0 aliphatic carbocycles. The van der Waals surface area contributed by atoms with Crippen molar-refractivity contribution in [3.63, 3.8) is 0 Å². The molecule has 0 amide bonds. The lowest BCUT2D eigenvalue weighted by molar-refractivity contribution is 0.150. The van der Waals surface area contributed by atoms with E-state index in [9.17, 15) is 10.2 Å². The van der Waals surface area contributed by atoms with Gasteiger partial charge in [-0.05, 0) is 36.8 Å². The smallest absolute Gasteiger partial charge is 0.134 e. The van der Waals surface area contributed by atoms with E-state index >= 15 is 0 Å². The number of furan rings is 1. The zero-order chi connectivity index (χ0) is 18.8. The Hall–Kier alpha value is -3.38. The van der Waals surface area contributed by atoms with Crippen molar-refractivity contribution in [2.75, 3.05) is 0 Å². The second-order valence-corrected chi connectivity index (χ2v) is 6.39. The molecule has 0 aliphatic rings. The quantitative estimate of drug-likeness (QED) is 0.562. The maximum atomic E-state index is 10.4. The van der Waals surface area contributed by atoms with E-state index in [0.29, 0.717) is 11.3 Å². The van der Waals surface area contributed by atoms with E-state index in [4.69, 9.17) is 4.42 Å². The fourth-order valence-electron chi connectivity index (χ4n) is 2.99. The van der Waals surface area contributed by atoms with Gasteiger partial charge in [-0.25, -0.2) is 4.68 Å². The van der Waals surface area contributed by atoms with Crippen LogP contribution in [0.25, 0.3) is 22.6 Å². The average Bonchev–Trinajstić information content (AvgIpc) is 3.31. The summed E-state index contributed by atoms with van der Waals surface area (Å²) in [5.74, 6) is 1.79. The summed E-state index contributed by atoms with van der Waals surface area (Å²) in [5.41, 5.74) is 3.27. The summed E-state index contributed by atoms with van der Waals surface area (Å²) < 4.78 is 7.36. The molecule has 2 heterocycles. The molecule has 0 bridgehead atoms. The predicted molar refractivity (Wildman–Crippen MR) is 101 cm³/mol. The Morgan fingerprint density at radius 2 is 1.74 bits per heavy atom. The second-order valence-electron chi connectivity index (χ2n) is 6.39. The van der Waals surface area contributed by atoms with Crippen LogP contribution in [0.3, 0.4) is 0 Å². The van der Waals surface area contributed by atoms with Crippen molar-refractivity contribution in [3.8, 4) is 28.3 Å². The Balaban J connectivity index is 1.59. The van der Waals surface area contributed by atoms with Gasteiger partial charge in [-0.1, -0.05) is 41.6 Å². The molecule has 1 atom stereocenters. The van der Waals surface area contributed by atoms with Gasteiger partial charge < -0.3 is 14.6 Å². The molecule has 0 fully saturated rings. The number of hydrogen-bond donors (Lipinski definition) is 2. The zero-order valence-corrected chi connectivity index (χ0v) is 14.8. The van der Waals surface area contributed by atoms with Crippen molar-refractivity contribution >= 4 is 0 Å². The number of hydrogen-bond acceptors (Lipinski definition) is 5. The Bertz CT molecular complexity index is 1050. The lowest BCUT2D eigenvalue weighted by atomic mass is 10.0. The lowest BCUT2D eigenvalue weighted by Crippen LogP contribution is -2.09. The summed E-state index contributed by atoms with van der Waals surface area (Å²) in [5, 5.41) is 28.2. The third-order valence-electron chi connectivity index (χ3n) is 4.39. The number of aromatic nitrogens is 3. The maximum absolute atomic E-state index is 10.4. The van der Waals surface area contributed by atoms with Crippen molar-refractivity contribution < 1.29 is 14.6 Å². The molecule has 2 N–H and O–H groups in total. The SMILES string of the molecule is Cc1ccc(-c2ccccc2-c2cn(C[C@H](O)c3ccc(O)cc3)nn2)o1. The summed E-state index contributed by atoms with van der Waals surface area (Å²) in [6.07, 6.45) is 1.06. The molecule has 2 aromatic heterocycles. The van der Waals surface area contributed by atoms with E-state index < -0.39 is 6.10 Å². The van der Waals surface area contributed by atoms with Crippen LogP contribution in [0.5, 0.6) is 5.75 Å². The molecule has 6 nitrogen and oxygen atoms in total. The molecule has 0 spiro atoms. The highest BCUT2D eigenvalue weighted by Gasteiger charge is 2.15. The Morgan fingerprint density at radius 3 is 2.44 bits per heavy atom. The lowest BCUT2D eigenvalue weighted by Gasteiger charge is -2.10. The normalized spacial score (nSPS) is 12.2. The first-order valence-electron chi connectivity index (χ1n) is 8.63. The number of aromatic hydroxyl groups is 1. The average molecular weight is 361 g/mol. The summed E-state index contributed by atoms with van der Waals surface area (Å²) in [7, 11) is 0. The first-order valence-corrected chi connectivity index (χ1v) is 8.63. The van der Waals surface area contributed by atoms with Crippen molar-refractivity contribution in [2.45, 2.75) is 19.6 Å². The third kappa shape index (κ3) is 3.61. The molecule has 0 radical (unpaired) electrons. The summed E-state index contributed by atoms with van der Waals surface area (Å²) in [4.78, 5) is 0. The summed E-state index contributed by atoms with van der Waals surface area (Å²) >= 11 is 0. The fourth-order valence-corrected chi connectivity index (χ4v) is 2.99. The minimum absolute atomic E-state index is 0.166. The maximum Gasteiger partial charge on any atom is 0.134 e. The molecular formula is C21H19N3O3. The minimum Gasteiger partial charge on any atom is -0.508 e. The van der Waals surface area contributed by atoms with Gasteiger partial charge >= 0.3 is 0 Å². The molecule has 0 saturated carbocycles. The van der Waals surface area contributed by atoms with Crippen LogP contribution in [0.15, 0.2) is 71.3 Å². The number of aliphatic hydroxyl groups is 1. The number of benzene rings is 2. The van der Waals surface area contributed by atoms with Crippen molar-refractivity contribution in [2.24, 2.45) is 0 Å². The third-order valence-corrected chi connectivity index (χ3v) is 4.39. The number of nitrogens with zero attached hydrogens (tertiary/aromatic N) is 3. The van der Waals surface area contributed by atoms with Crippen LogP contribution in [-0.4, -0.2) is 25.2 Å². The number of phenolic OH excluding ortho intramolecular Hbond substituents is 1. The number of phenols is 1. The van der Waals surface area contributed by atoms with Gasteiger partial charge in [0, 0.05) is 11.1 Å². The van der Waals surface area contributed by atoms with Crippen LogP contribution in [0.1, 0.15) is 17.4 Å². The molecule has 6 heteroatoms. The van der Waals surface area contributed by atoms with Gasteiger partial charge in [0.15, 0.2) is 0 Å². The van der Waals surface area contributed by atoms with E-state index in [-0.39, 0.29) is 12.3 Å². The van der Waals surface area contributed by atoms with E-state index in [1.165, 1.54) is 0 Å². The van der Waals surface area contributed by atoms with Gasteiger partial charge in [0.05, 0.1) is 18.8 Å². The standard InChI is InChI=1S/C21H19N3O3/c1-14-6-11-21(27-14)18-5-3-2-4-17(18)19-12-24(23-22-19)13-20(26)15-7-9-16(25)10-8-15/h2-12,20,25-26H,13H2,1H3/t20-/m0/s1. The van der Waals surface area contributed by atoms with Crippen LogP contribution < -0.4 is 0 Å². The van der Waals surface area contributed by atoms with Gasteiger partial charge in [0.2, 0.25) is 0 Å². The number of rotatable bonds is 5. The van der Waals surface area contributed by atoms with Crippen LogP contribution in [0, 0.1) is 6.92 Å². The Kier molecular flexibility index (Phi) is 4.48. The van der Waals surface area contributed by atoms with Gasteiger partial charge in [0.25, 0.3) is 0 Å². The number of aryl methyl sites for hydroxylation is 1. The fraction of sp³-hybridized carbons (Fsp3) is 0.143. The van der Waals surface area contributed by atoms with Crippen LogP contribution in [-0.2, 0) is 6.54 Å². The van der Waals surface area contributed by atoms with Crippen LogP contribution in [0.2, 0.25) is 0 Å². The summed E-state index contributed by atoms with van der Waals surface area (Å²) in [6.45, 7) is 2.17. The highest BCUT2D eigenvalue weighted by molar-refractivity contribution is 5.79. The van der Waals surface area contributed by atoms with E-state index in [1.807, 2.05) is 43.3 Å².